The van der Waals surface area contributed by atoms with Crippen molar-refractivity contribution in [2.45, 2.75) is 168 Å². The summed E-state index contributed by atoms with van der Waals surface area (Å²) in [5, 5.41) is 9.29. The van der Waals surface area contributed by atoms with Gasteiger partial charge in [-0.25, -0.2) is 0 Å². The van der Waals surface area contributed by atoms with E-state index in [0.29, 0.717) is 19.4 Å². The number of carbonyl (C=O) groups excluding carboxylic acids is 1. The van der Waals surface area contributed by atoms with E-state index in [0.717, 1.165) is 12.8 Å². The number of esters is 1. The Bertz CT molecular complexity index is 514. The molecule has 1 unspecified atom stereocenters. The van der Waals surface area contributed by atoms with E-state index in [-0.39, 0.29) is 6.42 Å². The number of carboxylic acid groups (broad SMARTS) is 1. The van der Waals surface area contributed by atoms with Crippen molar-refractivity contribution in [2.75, 3.05) is 6.61 Å². The van der Waals surface area contributed by atoms with Gasteiger partial charge in [-0.1, -0.05) is 142 Å². The van der Waals surface area contributed by atoms with Gasteiger partial charge in [0.25, 0.3) is 0 Å². The van der Waals surface area contributed by atoms with Crippen LogP contribution in [0.4, 0.5) is 0 Å². The van der Waals surface area contributed by atoms with Gasteiger partial charge in [0.05, 0.1) is 18.9 Å². The molecule has 0 aliphatic rings. The van der Waals surface area contributed by atoms with Crippen LogP contribution in [-0.4, -0.2) is 23.7 Å². The lowest BCUT2D eigenvalue weighted by Gasteiger charge is -2.10. The number of hydrogen-bond acceptors (Lipinski definition) is 3. The van der Waals surface area contributed by atoms with Gasteiger partial charge < -0.3 is 9.84 Å². The van der Waals surface area contributed by atoms with Crippen LogP contribution in [0.3, 0.4) is 0 Å². The standard InChI is InChI=1S/C32H60O4/c1-3-5-6-7-8-9-10-11-12-13-14-15-16-17-18-19-20-21-22-23-24-25-26-27-30(32(34)35)29-31(33)36-28-4-2/h24-25,30H,3-23,26-29H2,1-2H3,(H,34,35)/b25-24+. The van der Waals surface area contributed by atoms with Crippen LogP contribution in [-0.2, 0) is 14.3 Å². The average Bonchev–Trinajstić information content (AvgIpc) is 2.87. The van der Waals surface area contributed by atoms with E-state index in [4.69, 9.17) is 4.74 Å². The Morgan fingerprint density at radius 3 is 1.44 bits per heavy atom. The van der Waals surface area contributed by atoms with E-state index < -0.39 is 17.9 Å². The molecule has 0 saturated carbocycles. The van der Waals surface area contributed by atoms with Crippen LogP contribution in [0.15, 0.2) is 12.2 Å². The van der Waals surface area contributed by atoms with Crippen LogP contribution in [0.5, 0.6) is 0 Å². The topological polar surface area (TPSA) is 63.6 Å². The molecular formula is C32H60O4. The maximum Gasteiger partial charge on any atom is 0.307 e. The zero-order chi connectivity index (χ0) is 26.5. The number of carboxylic acids is 1. The van der Waals surface area contributed by atoms with E-state index in [1.54, 1.807) is 0 Å². The SMILES string of the molecule is CCCCCCCCCCCCCCCCCCCCC/C=C/CCC(CC(=O)OCCC)C(=O)O. The van der Waals surface area contributed by atoms with Gasteiger partial charge >= 0.3 is 11.9 Å². The molecule has 0 aromatic heterocycles. The molecular weight excluding hydrogens is 448 g/mol. The Balaban J connectivity index is 3.38. The molecule has 0 aliphatic heterocycles. The van der Waals surface area contributed by atoms with Crippen molar-refractivity contribution in [2.24, 2.45) is 5.92 Å². The van der Waals surface area contributed by atoms with E-state index in [9.17, 15) is 14.7 Å². The van der Waals surface area contributed by atoms with E-state index >= 15 is 0 Å². The lowest BCUT2D eigenvalue weighted by molar-refractivity contribution is -0.151. The van der Waals surface area contributed by atoms with Gasteiger partial charge in [-0.15, -0.1) is 0 Å². The first-order valence-corrected chi connectivity index (χ1v) is 15.6. The summed E-state index contributed by atoms with van der Waals surface area (Å²) in [6.45, 7) is 4.58. The highest BCUT2D eigenvalue weighted by atomic mass is 16.5. The average molecular weight is 509 g/mol. The third-order valence-corrected chi connectivity index (χ3v) is 7.05. The predicted molar refractivity (Wildman–Crippen MR) is 153 cm³/mol. The quantitative estimate of drug-likeness (QED) is 0.0648. The van der Waals surface area contributed by atoms with E-state index in [1.165, 1.54) is 122 Å². The minimum Gasteiger partial charge on any atom is -0.481 e. The predicted octanol–water partition coefficient (Wildman–Crippen LogP) is 10.2. The fourth-order valence-electron chi connectivity index (χ4n) is 4.66. The second kappa shape index (κ2) is 28.3. The van der Waals surface area contributed by atoms with Gasteiger partial charge in [0, 0.05) is 0 Å². The molecule has 0 radical (unpaired) electrons. The fourth-order valence-corrected chi connectivity index (χ4v) is 4.66. The highest BCUT2D eigenvalue weighted by molar-refractivity contribution is 5.78. The fraction of sp³-hybridized carbons (Fsp3) is 0.875. The Hall–Kier alpha value is -1.32. The van der Waals surface area contributed by atoms with Crippen LogP contribution in [0.25, 0.3) is 0 Å². The summed E-state index contributed by atoms with van der Waals surface area (Å²) in [6, 6.07) is 0. The monoisotopic (exact) mass is 508 g/mol. The second-order valence-electron chi connectivity index (χ2n) is 10.7. The lowest BCUT2D eigenvalue weighted by atomic mass is 9.99. The minimum atomic E-state index is -0.907. The summed E-state index contributed by atoms with van der Waals surface area (Å²) in [5.41, 5.74) is 0. The molecule has 1 atom stereocenters. The van der Waals surface area contributed by atoms with Gasteiger partial charge in [0.2, 0.25) is 0 Å². The number of carbonyl (C=O) groups is 2. The normalized spacial score (nSPS) is 12.3. The summed E-state index contributed by atoms with van der Waals surface area (Å²) < 4.78 is 5.01. The first kappa shape index (κ1) is 34.7. The Morgan fingerprint density at radius 2 is 1.03 bits per heavy atom. The number of rotatable bonds is 28. The Kier molecular flexibility index (Phi) is 27.2. The van der Waals surface area contributed by atoms with Gasteiger partial charge in [-0.2, -0.15) is 0 Å². The summed E-state index contributed by atoms with van der Waals surface area (Å²) in [4.78, 5) is 23.0. The highest BCUT2D eigenvalue weighted by Crippen LogP contribution is 2.16. The number of aliphatic carboxylic acids is 1. The smallest absolute Gasteiger partial charge is 0.307 e. The molecule has 0 heterocycles. The maximum atomic E-state index is 11.6. The lowest BCUT2D eigenvalue weighted by Crippen LogP contribution is -2.19. The molecule has 0 bridgehead atoms. The maximum absolute atomic E-state index is 11.6. The summed E-state index contributed by atoms with van der Waals surface area (Å²) in [7, 11) is 0. The summed E-state index contributed by atoms with van der Waals surface area (Å²) >= 11 is 0. The third kappa shape index (κ3) is 25.8. The van der Waals surface area contributed by atoms with Crippen molar-refractivity contribution in [1.29, 1.82) is 0 Å². The molecule has 4 heteroatoms. The molecule has 1 N–H and O–H groups in total. The molecule has 0 aromatic rings. The highest BCUT2D eigenvalue weighted by Gasteiger charge is 2.21. The number of allylic oxidation sites excluding steroid dienone is 2. The van der Waals surface area contributed by atoms with Crippen LogP contribution in [0.1, 0.15) is 168 Å². The molecule has 0 fully saturated rings. The van der Waals surface area contributed by atoms with Crippen molar-refractivity contribution in [3.63, 3.8) is 0 Å². The van der Waals surface area contributed by atoms with Crippen LogP contribution in [0, 0.1) is 5.92 Å². The molecule has 0 aromatic carbocycles. The molecule has 0 spiro atoms. The Labute approximate surface area is 224 Å². The molecule has 0 rings (SSSR count). The number of ether oxygens (including phenoxy) is 1. The van der Waals surface area contributed by atoms with E-state index in [1.807, 2.05) is 6.92 Å². The molecule has 0 saturated heterocycles. The van der Waals surface area contributed by atoms with Gasteiger partial charge in [0.15, 0.2) is 0 Å². The first-order valence-electron chi connectivity index (χ1n) is 15.6. The van der Waals surface area contributed by atoms with Gasteiger partial charge in [0.1, 0.15) is 0 Å². The van der Waals surface area contributed by atoms with Gasteiger partial charge in [-0.3, -0.25) is 9.59 Å². The molecule has 212 valence electrons. The number of hydrogen-bond donors (Lipinski definition) is 1. The van der Waals surface area contributed by atoms with Crippen molar-refractivity contribution in [1.82, 2.24) is 0 Å². The van der Waals surface area contributed by atoms with E-state index in [2.05, 4.69) is 19.1 Å². The van der Waals surface area contributed by atoms with Crippen molar-refractivity contribution in [3.8, 4) is 0 Å². The molecule has 0 aliphatic carbocycles. The van der Waals surface area contributed by atoms with Crippen LogP contribution in [0.2, 0.25) is 0 Å². The third-order valence-electron chi connectivity index (χ3n) is 7.05. The Morgan fingerprint density at radius 1 is 0.611 bits per heavy atom. The second-order valence-corrected chi connectivity index (χ2v) is 10.7. The molecule has 0 amide bonds. The van der Waals surface area contributed by atoms with Crippen LogP contribution < -0.4 is 0 Å². The first-order chi connectivity index (χ1) is 17.6. The zero-order valence-electron chi connectivity index (χ0n) is 24.1. The van der Waals surface area contributed by atoms with Crippen molar-refractivity contribution in [3.05, 3.63) is 12.2 Å². The number of unbranched alkanes of at least 4 members (excludes halogenated alkanes) is 19. The minimum absolute atomic E-state index is 0.0253. The van der Waals surface area contributed by atoms with Crippen molar-refractivity contribution >= 4 is 11.9 Å². The molecule has 4 nitrogen and oxygen atoms in total. The summed E-state index contributed by atoms with van der Waals surface area (Å²) in [6.07, 6.45) is 33.8. The van der Waals surface area contributed by atoms with Gasteiger partial charge in [-0.05, 0) is 32.1 Å². The zero-order valence-corrected chi connectivity index (χ0v) is 24.1. The largest absolute Gasteiger partial charge is 0.481 e. The summed E-state index contributed by atoms with van der Waals surface area (Å²) in [5.74, 6) is -1.95. The van der Waals surface area contributed by atoms with Crippen LogP contribution >= 0.6 is 0 Å². The van der Waals surface area contributed by atoms with Crippen molar-refractivity contribution < 1.29 is 19.4 Å². The molecule has 36 heavy (non-hydrogen) atoms.